The number of rotatable bonds is 7. The molecule has 1 aliphatic heterocycles. The van der Waals surface area contributed by atoms with Crippen molar-refractivity contribution in [1.29, 1.82) is 5.26 Å². The van der Waals surface area contributed by atoms with E-state index in [2.05, 4.69) is 31.4 Å². The van der Waals surface area contributed by atoms with Gasteiger partial charge in [-0.05, 0) is 44.0 Å². The molecule has 39 heavy (non-hydrogen) atoms. The van der Waals surface area contributed by atoms with E-state index in [0.717, 1.165) is 49.3 Å². The van der Waals surface area contributed by atoms with E-state index in [1.54, 1.807) is 24.3 Å². The van der Waals surface area contributed by atoms with Gasteiger partial charge in [0.2, 0.25) is 0 Å². The Bertz CT molecular complexity index is 1500. The molecule has 0 spiro atoms. The summed E-state index contributed by atoms with van der Waals surface area (Å²) in [6.45, 7) is 4.45. The Morgan fingerprint density at radius 2 is 2.08 bits per heavy atom. The SMILES string of the molecule is CCn1cc(-c2cnc(Nc3ccc(C#N)c(-c4c(F)cccc4OC)n3)cc2N2CCC[C@H](N)C2)cn1.Cl. The maximum absolute atomic E-state index is 14.8. The van der Waals surface area contributed by atoms with Crippen molar-refractivity contribution in [2.75, 3.05) is 30.4 Å². The van der Waals surface area contributed by atoms with Crippen molar-refractivity contribution >= 4 is 29.7 Å². The number of anilines is 3. The van der Waals surface area contributed by atoms with Crippen LogP contribution in [0, 0.1) is 17.1 Å². The fourth-order valence-corrected chi connectivity index (χ4v) is 4.75. The molecule has 4 heterocycles. The molecule has 5 rings (SSSR count). The van der Waals surface area contributed by atoms with Gasteiger partial charge in [-0.25, -0.2) is 14.4 Å². The Balaban J connectivity index is 0.00000353. The number of hydrogen-bond donors (Lipinski definition) is 2. The molecule has 1 aliphatic rings. The second kappa shape index (κ2) is 12.1. The molecular formula is C28H30ClFN8O. The molecule has 3 aromatic heterocycles. The molecular weight excluding hydrogens is 519 g/mol. The highest BCUT2D eigenvalue weighted by Crippen LogP contribution is 2.36. The number of halogens is 2. The van der Waals surface area contributed by atoms with Crippen LogP contribution >= 0.6 is 12.4 Å². The van der Waals surface area contributed by atoms with Gasteiger partial charge in [-0.2, -0.15) is 10.4 Å². The normalized spacial score (nSPS) is 14.8. The van der Waals surface area contributed by atoms with Crippen LogP contribution < -0.4 is 20.7 Å². The van der Waals surface area contributed by atoms with Crippen molar-refractivity contribution in [1.82, 2.24) is 19.7 Å². The van der Waals surface area contributed by atoms with Crippen molar-refractivity contribution in [3.8, 4) is 34.2 Å². The molecule has 0 unspecified atom stereocenters. The molecule has 3 N–H and O–H groups in total. The monoisotopic (exact) mass is 548 g/mol. The zero-order chi connectivity index (χ0) is 26.6. The quantitative estimate of drug-likeness (QED) is 0.326. The zero-order valence-electron chi connectivity index (χ0n) is 21.8. The molecule has 4 aromatic rings. The lowest BCUT2D eigenvalue weighted by atomic mass is 10.0. The summed E-state index contributed by atoms with van der Waals surface area (Å²) in [4.78, 5) is 11.5. The molecule has 0 aliphatic carbocycles. The van der Waals surface area contributed by atoms with Gasteiger partial charge in [-0.1, -0.05) is 6.07 Å². The Morgan fingerprint density at radius 1 is 1.23 bits per heavy atom. The van der Waals surface area contributed by atoms with Gasteiger partial charge in [0.1, 0.15) is 29.3 Å². The number of methoxy groups -OCH3 is 1. The van der Waals surface area contributed by atoms with Crippen LogP contribution in [0.3, 0.4) is 0 Å². The lowest BCUT2D eigenvalue weighted by Gasteiger charge is -2.34. The minimum atomic E-state index is -0.524. The van der Waals surface area contributed by atoms with Crippen molar-refractivity contribution in [2.45, 2.75) is 32.4 Å². The minimum absolute atomic E-state index is 0. The number of nitrogens with one attached hydrogen (secondary N) is 1. The van der Waals surface area contributed by atoms with Crippen LogP contribution in [0.15, 0.2) is 55.0 Å². The summed E-state index contributed by atoms with van der Waals surface area (Å²) in [5.74, 6) is 0.758. The van der Waals surface area contributed by atoms with Crippen molar-refractivity contribution < 1.29 is 9.13 Å². The van der Waals surface area contributed by atoms with E-state index in [1.165, 1.54) is 13.2 Å². The van der Waals surface area contributed by atoms with Crippen molar-refractivity contribution in [2.24, 2.45) is 5.73 Å². The first-order valence-electron chi connectivity index (χ1n) is 12.5. The van der Waals surface area contributed by atoms with Crippen LogP contribution in [0.4, 0.5) is 21.7 Å². The molecule has 202 valence electrons. The molecule has 0 bridgehead atoms. The number of nitrogens with two attached hydrogens (primary N) is 1. The summed E-state index contributed by atoms with van der Waals surface area (Å²) in [5.41, 5.74) is 9.81. The summed E-state index contributed by atoms with van der Waals surface area (Å²) in [7, 11) is 1.45. The first-order valence-corrected chi connectivity index (χ1v) is 12.5. The van der Waals surface area contributed by atoms with E-state index in [-0.39, 0.29) is 35.3 Å². The fraction of sp³-hybridized carbons (Fsp3) is 0.286. The van der Waals surface area contributed by atoms with Gasteiger partial charge >= 0.3 is 0 Å². The number of nitrogens with zero attached hydrogens (tertiary/aromatic N) is 6. The lowest BCUT2D eigenvalue weighted by molar-refractivity contribution is 0.413. The number of piperidine rings is 1. The standard InChI is InChI=1S/C28H29FN8O.ClH/c1-3-37-16-19(14-33-37)21-15-32-26(12-23(21)36-11-5-6-20(31)17-36)34-25-10-9-18(13-30)28(35-25)27-22(29)7-4-8-24(27)38-2;/h4,7-10,12,14-16,20H,3,5-6,11,17,31H2,1-2H3,(H,32,34,35);1H/t20-;/m0./s1. The van der Waals surface area contributed by atoms with Crippen LogP contribution in [-0.4, -0.2) is 46.0 Å². The average Bonchev–Trinajstić information content (AvgIpc) is 3.42. The second-order valence-electron chi connectivity index (χ2n) is 9.17. The van der Waals surface area contributed by atoms with Gasteiger partial charge in [0.15, 0.2) is 0 Å². The fourth-order valence-electron chi connectivity index (χ4n) is 4.75. The zero-order valence-corrected chi connectivity index (χ0v) is 22.6. The van der Waals surface area contributed by atoms with Gasteiger partial charge in [0, 0.05) is 61.0 Å². The predicted molar refractivity (Wildman–Crippen MR) is 152 cm³/mol. The number of aryl methyl sites for hydroxylation is 1. The Hall–Kier alpha value is -4.20. The molecule has 0 radical (unpaired) electrons. The first-order chi connectivity index (χ1) is 18.5. The van der Waals surface area contributed by atoms with E-state index in [0.29, 0.717) is 17.4 Å². The molecule has 1 atom stereocenters. The lowest BCUT2D eigenvalue weighted by Crippen LogP contribution is -2.43. The first kappa shape index (κ1) is 27.8. The highest BCUT2D eigenvalue weighted by atomic mass is 35.5. The smallest absolute Gasteiger partial charge is 0.136 e. The van der Waals surface area contributed by atoms with E-state index in [9.17, 15) is 9.65 Å². The molecule has 9 nitrogen and oxygen atoms in total. The number of hydrogen-bond acceptors (Lipinski definition) is 8. The highest BCUT2D eigenvalue weighted by Gasteiger charge is 2.22. The Kier molecular flexibility index (Phi) is 8.64. The average molecular weight is 549 g/mol. The predicted octanol–water partition coefficient (Wildman–Crippen LogP) is 5.14. The van der Waals surface area contributed by atoms with E-state index in [4.69, 9.17) is 10.5 Å². The largest absolute Gasteiger partial charge is 0.496 e. The third kappa shape index (κ3) is 5.79. The topological polar surface area (TPSA) is 118 Å². The molecule has 0 amide bonds. The van der Waals surface area contributed by atoms with Gasteiger partial charge in [0.25, 0.3) is 0 Å². The highest BCUT2D eigenvalue weighted by molar-refractivity contribution is 5.85. The van der Waals surface area contributed by atoms with Crippen LogP contribution in [0.2, 0.25) is 0 Å². The van der Waals surface area contributed by atoms with Gasteiger partial charge in [0.05, 0.1) is 30.1 Å². The molecule has 11 heteroatoms. The molecule has 1 saturated heterocycles. The van der Waals surface area contributed by atoms with Crippen LogP contribution in [0.5, 0.6) is 5.75 Å². The minimum Gasteiger partial charge on any atom is -0.496 e. The van der Waals surface area contributed by atoms with E-state index < -0.39 is 5.82 Å². The Morgan fingerprint density at radius 3 is 2.79 bits per heavy atom. The summed E-state index contributed by atoms with van der Waals surface area (Å²) >= 11 is 0. The number of nitriles is 1. The van der Waals surface area contributed by atoms with Gasteiger partial charge in [-0.15, -0.1) is 12.4 Å². The Labute approximate surface area is 232 Å². The number of pyridine rings is 2. The number of benzene rings is 1. The maximum Gasteiger partial charge on any atom is 0.136 e. The third-order valence-corrected chi connectivity index (χ3v) is 6.65. The maximum atomic E-state index is 14.8. The van der Waals surface area contributed by atoms with Crippen molar-refractivity contribution in [3.63, 3.8) is 0 Å². The molecule has 0 saturated carbocycles. The van der Waals surface area contributed by atoms with E-state index >= 15 is 0 Å². The van der Waals surface area contributed by atoms with E-state index in [1.807, 2.05) is 36.3 Å². The van der Waals surface area contributed by atoms with Crippen molar-refractivity contribution in [3.05, 3.63) is 66.4 Å². The van der Waals surface area contributed by atoms with Crippen LogP contribution in [0.1, 0.15) is 25.3 Å². The summed E-state index contributed by atoms with van der Waals surface area (Å²) in [5, 5.41) is 17.3. The van der Waals surface area contributed by atoms with Gasteiger partial charge in [-0.3, -0.25) is 4.68 Å². The van der Waals surface area contributed by atoms with Gasteiger partial charge < -0.3 is 20.7 Å². The second-order valence-corrected chi connectivity index (χ2v) is 9.17. The summed E-state index contributed by atoms with van der Waals surface area (Å²) in [6, 6.07) is 11.9. The van der Waals surface area contributed by atoms with Crippen LogP contribution in [-0.2, 0) is 6.54 Å². The number of aromatic nitrogens is 4. The molecule has 1 aromatic carbocycles. The summed E-state index contributed by atoms with van der Waals surface area (Å²) in [6.07, 6.45) is 7.67. The van der Waals surface area contributed by atoms with Crippen LogP contribution in [0.25, 0.3) is 22.4 Å². The summed E-state index contributed by atoms with van der Waals surface area (Å²) < 4.78 is 22.1. The molecule has 1 fully saturated rings. The third-order valence-electron chi connectivity index (χ3n) is 6.65. The number of ether oxygens (including phenoxy) is 1.